The lowest BCUT2D eigenvalue weighted by atomic mass is 10.2. The van der Waals surface area contributed by atoms with Crippen LogP contribution in [0, 0.1) is 0 Å². The number of carbonyl (C=O) groups excluding carboxylic acids is 1. The van der Waals surface area contributed by atoms with Crippen LogP contribution in [0.15, 0.2) is 47.6 Å². The molecule has 0 spiro atoms. The Bertz CT molecular complexity index is 1040. The molecule has 9 nitrogen and oxygen atoms in total. The topological polar surface area (TPSA) is 96.7 Å². The van der Waals surface area contributed by atoms with Crippen LogP contribution in [0.1, 0.15) is 5.82 Å². The van der Waals surface area contributed by atoms with E-state index in [1.54, 1.807) is 44.1 Å². The molecular weight excluding hydrogens is 420 g/mol. The van der Waals surface area contributed by atoms with Gasteiger partial charge in [0.15, 0.2) is 22.5 Å². The lowest BCUT2D eigenvalue weighted by Crippen LogP contribution is -2.15. The highest BCUT2D eigenvalue weighted by Gasteiger charge is 2.14. The van der Waals surface area contributed by atoms with Gasteiger partial charge in [0.1, 0.15) is 18.1 Å². The fourth-order valence-corrected chi connectivity index (χ4v) is 3.43. The number of methoxy groups -OCH3 is 3. The fraction of sp³-hybridized carbons (Fsp3) is 0.286. The highest BCUT2D eigenvalue weighted by Crippen LogP contribution is 2.29. The largest absolute Gasteiger partial charge is 0.497 e. The van der Waals surface area contributed by atoms with E-state index in [2.05, 4.69) is 15.5 Å². The molecule has 2 aromatic carbocycles. The van der Waals surface area contributed by atoms with Gasteiger partial charge in [-0.3, -0.25) is 4.79 Å². The fourth-order valence-electron chi connectivity index (χ4n) is 2.70. The predicted octanol–water partition coefficient (Wildman–Crippen LogP) is 3.15. The number of para-hydroxylation sites is 2. The molecule has 0 radical (unpaired) electrons. The number of nitrogens with zero attached hydrogens (tertiary/aromatic N) is 3. The van der Waals surface area contributed by atoms with E-state index >= 15 is 0 Å². The van der Waals surface area contributed by atoms with Crippen molar-refractivity contribution in [2.24, 2.45) is 7.05 Å². The van der Waals surface area contributed by atoms with E-state index in [1.807, 2.05) is 31.3 Å². The van der Waals surface area contributed by atoms with Crippen LogP contribution in [-0.2, 0) is 18.4 Å². The van der Waals surface area contributed by atoms with Crippen LogP contribution in [-0.4, -0.2) is 47.8 Å². The highest BCUT2D eigenvalue weighted by atomic mass is 32.2. The van der Waals surface area contributed by atoms with Crippen LogP contribution in [0.5, 0.6) is 23.0 Å². The minimum absolute atomic E-state index is 0.152. The first-order valence-corrected chi connectivity index (χ1v) is 10.3. The molecule has 0 aliphatic carbocycles. The van der Waals surface area contributed by atoms with Gasteiger partial charge in [-0.05, 0) is 24.3 Å². The molecule has 0 atom stereocenters. The molecule has 0 saturated carbocycles. The Morgan fingerprint density at radius 2 is 1.74 bits per heavy atom. The minimum Gasteiger partial charge on any atom is -0.497 e. The first-order valence-electron chi connectivity index (χ1n) is 9.34. The molecule has 0 unspecified atom stereocenters. The van der Waals surface area contributed by atoms with Gasteiger partial charge in [-0.1, -0.05) is 23.9 Å². The van der Waals surface area contributed by atoms with Gasteiger partial charge in [-0.25, -0.2) is 0 Å². The van der Waals surface area contributed by atoms with Crippen molar-refractivity contribution in [3.8, 4) is 23.0 Å². The minimum atomic E-state index is -0.202. The van der Waals surface area contributed by atoms with E-state index < -0.39 is 0 Å². The summed E-state index contributed by atoms with van der Waals surface area (Å²) < 4.78 is 23.4. The van der Waals surface area contributed by atoms with E-state index in [4.69, 9.17) is 18.9 Å². The second kappa shape index (κ2) is 10.6. The number of benzene rings is 2. The first kappa shape index (κ1) is 22.3. The van der Waals surface area contributed by atoms with Gasteiger partial charge >= 0.3 is 0 Å². The average Bonchev–Trinajstić information content (AvgIpc) is 3.15. The third-order valence-electron chi connectivity index (χ3n) is 4.36. The van der Waals surface area contributed by atoms with E-state index in [0.717, 1.165) is 0 Å². The number of nitrogens with one attached hydrogen (secondary N) is 1. The molecule has 31 heavy (non-hydrogen) atoms. The molecule has 1 heterocycles. The summed E-state index contributed by atoms with van der Waals surface area (Å²) in [4.78, 5) is 12.4. The zero-order valence-electron chi connectivity index (χ0n) is 17.7. The summed E-state index contributed by atoms with van der Waals surface area (Å²) in [5.74, 6) is 3.01. The number of rotatable bonds is 10. The van der Waals surface area contributed by atoms with Crippen LogP contribution in [0.25, 0.3) is 0 Å². The SMILES string of the molecule is COc1ccc(OC)c(NC(=O)CSc2nnc(COc3ccccc3OC)n2C)c1. The Labute approximate surface area is 184 Å². The van der Waals surface area contributed by atoms with Crippen molar-refractivity contribution in [1.82, 2.24) is 14.8 Å². The number of amides is 1. The van der Waals surface area contributed by atoms with Crippen LogP contribution in [0.2, 0.25) is 0 Å². The second-order valence-corrected chi connectivity index (χ2v) is 7.24. The van der Waals surface area contributed by atoms with Gasteiger partial charge in [0.2, 0.25) is 5.91 Å². The smallest absolute Gasteiger partial charge is 0.234 e. The van der Waals surface area contributed by atoms with Crippen LogP contribution < -0.4 is 24.3 Å². The molecule has 1 amide bonds. The van der Waals surface area contributed by atoms with Gasteiger partial charge < -0.3 is 28.8 Å². The van der Waals surface area contributed by atoms with Gasteiger partial charge in [0.05, 0.1) is 32.8 Å². The zero-order chi connectivity index (χ0) is 22.2. The summed E-state index contributed by atoms with van der Waals surface area (Å²) in [5.41, 5.74) is 0.538. The molecule has 3 rings (SSSR count). The number of carbonyl (C=O) groups is 1. The zero-order valence-corrected chi connectivity index (χ0v) is 18.6. The number of aromatic nitrogens is 3. The normalized spacial score (nSPS) is 10.5. The molecule has 1 N–H and O–H groups in total. The van der Waals surface area contributed by atoms with Crippen molar-refractivity contribution < 1.29 is 23.7 Å². The standard InChI is InChI=1S/C21H24N4O5S/c1-25-19(12-30-18-8-6-5-7-17(18)29-4)23-24-21(25)31-13-20(26)22-15-11-14(27-2)9-10-16(15)28-3/h5-11H,12-13H2,1-4H3,(H,22,26). The maximum absolute atomic E-state index is 12.4. The predicted molar refractivity (Wildman–Crippen MR) is 117 cm³/mol. The molecule has 0 saturated heterocycles. The van der Waals surface area contributed by atoms with Crippen LogP contribution in [0.3, 0.4) is 0 Å². The molecule has 0 fully saturated rings. The molecular formula is C21H24N4O5S. The van der Waals surface area contributed by atoms with Gasteiger partial charge in [-0.15, -0.1) is 10.2 Å². The van der Waals surface area contributed by atoms with Crippen molar-refractivity contribution in [3.05, 3.63) is 48.3 Å². The molecule has 10 heteroatoms. The number of anilines is 1. The molecule has 0 aliphatic rings. The molecule has 164 valence electrons. The third kappa shape index (κ3) is 5.60. The van der Waals surface area contributed by atoms with Gasteiger partial charge in [0.25, 0.3) is 0 Å². The average molecular weight is 445 g/mol. The van der Waals surface area contributed by atoms with E-state index in [9.17, 15) is 4.79 Å². The van der Waals surface area contributed by atoms with Crippen LogP contribution >= 0.6 is 11.8 Å². The van der Waals surface area contributed by atoms with Crippen molar-refractivity contribution in [1.29, 1.82) is 0 Å². The maximum atomic E-state index is 12.4. The van der Waals surface area contributed by atoms with E-state index in [0.29, 0.717) is 39.7 Å². The van der Waals surface area contributed by atoms with Crippen molar-refractivity contribution >= 4 is 23.4 Å². The summed E-state index contributed by atoms with van der Waals surface area (Å²) in [6, 6.07) is 12.6. The Morgan fingerprint density at radius 3 is 2.45 bits per heavy atom. The van der Waals surface area contributed by atoms with E-state index in [1.165, 1.54) is 11.8 Å². The van der Waals surface area contributed by atoms with Crippen LogP contribution in [0.4, 0.5) is 5.69 Å². The van der Waals surface area contributed by atoms with Crippen molar-refractivity contribution in [2.75, 3.05) is 32.4 Å². The Hall–Kier alpha value is -3.40. The number of ether oxygens (including phenoxy) is 4. The van der Waals surface area contributed by atoms with Crippen molar-refractivity contribution in [2.45, 2.75) is 11.8 Å². The summed E-state index contributed by atoms with van der Waals surface area (Å²) in [5, 5.41) is 11.7. The third-order valence-corrected chi connectivity index (χ3v) is 5.38. The van der Waals surface area contributed by atoms with Gasteiger partial charge in [0, 0.05) is 13.1 Å². The molecule has 0 bridgehead atoms. The number of hydrogen-bond acceptors (Lipinski definition) is 8. The molecule has 0 aliphatic heterocycles. The Balaban J connectivity index is 1.58. The monoisotopic (exact) mass is 444 g/mol. The van der Waals surface area contributed by atoms with E-state index in [-0.39, 0.29) is 18.3 Å². The molecule has 1 aromatic heterocycles. The lowest BCUT2D eigenvalue weighted by Gasteiger charge is -2.11. The quantitative estimate of drug-likeness (QED) is 0.477. The summed E-state index contributed by atoms with van der Waals surface area (Å²) in [7, 11) is 6.52. The van der Waals surface area contributed by atoms with Crippen molar-refractivity contribution in [3.63, 3.8) is 0 Å². The second-order valence-electron chi connectivity index (χ2n) is 6.30. The maximum Gasteiger partial charge on any atom is 0.234 e. The number of hydrogen-bond donors (Lipinski definition) is 1. The van der Waals surface area contributed by atoms with Gasteiger partial charge in [-0.2, -0.15) is 0 Å². The molecule has 3 aromatic rings. The Kier molecular flexibility index (Phi) is 7.60. The highest BCUT2D eigenvalue weighted by molar-refractivity contribution is 7.99. The lowest BCUT2D eigenvalue weighted by molar-refractivity contribution is -0.113. The first-order chi connectivity index (χ1) is 15.0. The summed E-state index contributed by atoms with van der Waals surface area (Å²) in [6.45, 7) is 0.220. The number of thioether (sulfide) groups is 1. The summed E-state index contributed by atoms with van der Waals surface area (Å²) >= 11 is 1.27. The Morgan fingerprint density at radius 1 is 1.00 bits per heavy atom. The summed E-state index contributed by atoms with van der Waals surface area (Å²) in [6.07, 6.45) is 0.